The average molecular weight is 504 g/mol. The van der Waals surface area contributed by atoms with Gasteiger partial charge in [0.15, 0.2) is 0 Å². The molecule has 26 heavy (non-hydrogen) atoms. The van der Waals surface area contributed by atoms with Crippen LogP contribution in [0, 0.1) is 0 Å². The van der Waals surface area contributed by atoms with Crippen LogP contribution in [0.25, 0.3) is 22.2 Å². The first-order valence-electron chi connectivity index (χ1n) is 8.21. The van der Waals surface area contributed by atoms with Crippen LogP contribution >= 0.6 is 45.8 Å². The number of amides is 1. The highest BCUT2D eigenvalue weighted by Crippen LogP contribution is 2.42. The molecule has 4 rings (SSSR count). The second-order valence-electron chi connectivity index (χ2n) is 6.36. The second kappa shape index (κ2) is 7.01. The number of hydrogen-bond acceptors (Lipinski definition) is 3. The van der Waals surface area contributed by atoms with Crippen molar-refractivity contribution in [1.29, 1.82) is 0 Å². The van der Waals surface area contributed by atoms with Crippen LogP contribution < -0.4 is 5.32 Å². The van der Waals surface area contributed by atoms with Crippen molar-refractivity contribution < 1.29 is 4.79 Å². The number of aromatic nitrogens is 4. The Morgan fingerprint density at radius 1 is 1.42 bits per heavy atom. The highest BCUT2D eigenvalue weighted by molar-refractivity contribution is 14.1. The Kier molecular flexibility index (Phi) is 4.87. The van der Waals surface area contributed by atoms with Gasteiger partial charge in [-0.15, -0.1) is 0 Å². The van der Waals surface area contributed by atoms with Gasteiger partial charge in [-0.05, 0) is 18.1 Å². The normalized spacial score (nSPS) is 17.2. The summed E-state index contributed by atoms with van der Waals surface area (Å²) in [6.45, 7) is 0.619. The van der Waals surface area contributed by atoms with Gasteiger partial charge in [0.05, 0.1) is 28.2 Å². The third-order valence-corrected chi connectivity index (χ3v) is 6.14. The fraction of sp³-hybridized carbons (Fsp3) is 0.353. The molecule has 2 aromatic heterocycles. The van der Waals surface area contributed by atoms with Gasteiger partial charge >= 0.3 is 0 Å². The van der Waals surface area contributed by atoms with Gasteiger partial charge in [0.1, 0.15) is 5.69 Å². The minimum absolute atomic E-state index is 0.0132. The first-order chi connectivity index (χ1) is 12.5. The molecule has 136 valence electrons. The van der Waals surface area contributed by atoms with E-state index >= 15 is 0 Å². The summed E-state index contributed by atoms with van der Waals surface area (Å²) in [7, 11) is 1.76. The maximum absolute atomic E-state index is 12.3. The Bertz CT molecular complexity index is 1010. The smallest absolute Gasteiger partial charge is 0.224 e. The van der Waals surface area contributed by atoms with Gasteiger partial charge in [0.25, 0.3) is 0 Å². The molecular weight excluding hydrogens is 488 g/mol. The van der Waals surface area contributed by atoms with Crippen molar-refractivity contribution in [2.24, 2.45) is 7.05 Å². The molecule has 0 aliphatic carbocycles. The van der Waals surface area contributed by atoms with Gasteiger partial charge < -0.3 is 10.3 Å². The van der Waals surface area contributed by atoms with Crippen molar-refractivity contribution >= 4 is 62.6 Å². The number of hydrogen-bond donors (Lipinski definition) is 2. The summed E-state index contributed by atoms with van der Waals surface area (Å²) in [6.07, 6.45) is 2.96. The van der Waals surface area contributed by atoms with Crippen LogP contribution in [0.3, 0.4) is 0 Å². The van der Waals surface area contributed by atoms with E-state index in [0.717, 1.165) is 38.6 Å². The second-order valence-corrected chi connectivity index (χ2v) is 8.23. The number of carbonyl (C=O) groups is 1. The summed E-state index contributed by atoms with van der Waals surface area (Å²) < 4.78 is 0.999. The maximum Gasteiger partial charge on any atom is 0.224 e. The SMILES string of the molecule is Cn1ncc(-c2cc(Cl)c(Cl)c3[nH]c4c(c23)CC(=O)NCC4CCI)n1. The topological polar surface area (TPSA) is 75.6 Å². The Morgan fingerprint density at radius 3 is 2.92 bits per heavy atom. The van der Waals surface area contributed by atoms with Crippen LogP contribution in [0.5, 0.6) is 0 Å². The van der Waals surface area contributed by atoms with Gasteiger partial charge in [-0.2, -0.15) is 15.0 Å². The maximum atomic E-state index is 12.3. The molecule has 0 saturated heterocycles. The number of rotatable bonds is 3. The number of aromatic amines is 1. The Balaban J connectivity index is 2.05. The summed E-state index contributed by atoms with van der Waals surface area (Å²) in [5.41, 5.74) is 4.34. The van der Waals surface area contributed by atoms with Gasteiger partial charge in [0, 0.05) is 40.6 Å². The number of fused-ring (bicyclic) bond motifs is 3. The predicted molar refractivity (Wildman–Crippen MR) is 111 cm³/mol. The summed E-state index contributed by atoms with van der Waals surface area (Å²) in [5, 5.41) is 13.4. The van der Waals surface area contributed by atoms with Gasteiger partial charge in [-0.3, -0.25) is 4.79 Å². The number of nitrogens with one attached hydrogen (secondary N) is 2. The van der Waals surface area contributed by atoms with Crippen molar-refractivity contribution in [2.75, 3.05) is 11.0 Å². The van der Waals surface area contributed by atoms with Crippen LogP contribution in [-0.2, 0) is 18.3 Å². The lowest BCUT2D eigenvalue weighted by Crippen LogP contribution is -2.26. The fourth-order valence-electron chi connectivity index (χ4n) is 3.55. The first-order valence-corrected chi connectivity index (χ1v) is 10.5. The molecule has 1 atom stereocenters. The van der Waals surface area contributed by atoms with E-state index in [2.05, 4.69) is 43.1 Å². The molecule has 0 spiro atoms. The Labute approximate surface area is 173 Å². The van der Waals surface area contributed by atoms with Crippen molar-refractivity contribution in [1.82, 2.24) is 25.3 Å². The zero-order valence-corrected chi connectivity index (χ0v) is 17.6. The summed E-state index contributed by atoms with van der Waals surface area (Å²) in [6, 6.07) is 1.81. The van der Waals surface area contributed by atoms with Crippen LogP contribution in [0.4, 0.5) is 0 Å². The molecule has 1 unspecified atom stereocenters. The van der Waals surface area contributed by atoms with Gasteiger partial charge in [-0.25, -0.2) is 0 Å². The monoisotopic (exact) mass is 503 g/mol. The predicted octanol–water partition coefficient (Wildman–Crippen LogP) is 3.85. The molecule has 3 heterocycles. The van der Waals surface area contributed by atoms with Crippen LogP contribution in [0.1, 0.15) is 23.6 Å². The number of alkyl halides is 1. The lowest BCUT2D eigenvalue weighted by molar-refractivity contribution is -0.120. The van der Waals surface area contributed by atoms with Crippen LogP contribution in [-0.4, -0.2) is 36.9 Å². The molecule has 1 aromatic carbocycles. The van der Waals surface area contributed by atoms with Crippen LogP contribution in [0.2, 0.25) is 10.0 Å². The average Bonchev–Trinajstić information content (AvgIpc) is 3.16. The minimum Gasteiger partial charge on any atom is -0.357 e. The molecule has 9 heteroatoms. The molecule has 0 radical (unpaired) electrons. The van der Waals surface area contributed by atoms with Crippen molar-refractivity contribution in [3.63, 3.8) is 0 Å². The van der Waals surface area contributed by atoms with E-state index in [0.29, 0.717) is 28.7 Å². The number of halogens is 3. The number of nitrogens with zero attached hydrogens (tertiary/aromatic N) is 3. The number of H-pyrrole nitrogens is 1. The van der Waals surface area contributed by atoms with Crippen molar-refractivity contribution in [3.8, 4) is 11.3 Å². The lowest BCUT2D eigenvalue weighted by atomic mass is 9.95. The van der Waals surface area contributed by atoms with Gasteiger partial charge in [-0.1, -0.05) is 45.8 Å². The van der Waals surface area contributed by atoms with E-state index in [1.165, 1.54) is 4.80 Å². The highest BCUT2D eigenvalue weighted by atomic mass is 127. The Morgan fingerprint density at radius 2 is 2.23 bits per heavy atom. The highest BCUT2D eigenvalue weighted by Gasteiger charge is 2.28. The van der Waals surface area contributed by atoms with Crippen molar-refractivity contribution in [2.45, 2.75) is 18.8 Å². The zero-order valence-electron chi connectivity index (χ0n) is 13.9. The molecule has 1 aliphatic rings. The first kappa shape index (κ1) is 18.1. The van der Waals surface area contributed by atoms with E-state index in [1.807, 2.05) is 0 Å². The largest absolute Gasteiger partial charge is 0.357 e. The minimum atomic E-state index is 0.0132. The lowest BCUT2D eigenvalue weighted by Gasteiger charge is -2.13. The van der Waals surface area contributed by atoms with E-state index < -0.39 is 0 Å². The summed E-state index contributed by atoms with van der Waals surface area (Å²) in [4.78, 5) is 17.3. The fourth-order valence-corrected chi connectivity index (χ4v) is 4.70. The van der Waals surface area contributed by atoms with Crippen LogP contribution in [0.15, 0.2) is 12.3 Å². The number of aryl methyl sites for hydroxylation is 1. The summed E-state index contributed by atoms with van der Waals surface area (Å²) >= 11 is 15.3. The number of carbonyl (C=O) groups excluding carboxylic acids is 1. The third kappa shape index (κ3) is 2.99. The van der Waals surface area contributed by atoms with E-state index in [-0.39, 0.29) is 11.8 Å². The molecule has 2 N–H and O–H groups in total. The molecule has 1 aliphatic heterocycles. The molecule has 1 amide bonds. The van der Waals surface area contributed by atoms with E-state index in [4.69, 9.17) is 23.2 Å². The quantitative estimate of drug-likeness (QED) is 0.421. The van der Waals surface area contributed by atoms with E-state index in [9.17, 15) is 4.79 Å². The number of benzene rings is 1. The summed E-state index contributed by atoms with van der Waals surface area (Å²) in [5.74, 6) is 0.226. The molecule has 3 aromatic rings. The molecular formula is C17H16Cl2IN5O. The van der Waals surface area contributed by atoms with Gasteiger partial charge in [0.2, 0.25) is 5.91 Å². The van der Waals surface area contributed by atoms with E-state index in [1.54, 1.807) is 19.3 Å². The van der Waals surface area contributed by atoms with Crippen molar-refractivity contribution in [3.05, 3.63) is 33.6 Å². The molecule has 0 fully saturated rings. The zero-order chi connectivity index (χ0) is 18.4. The Hall–Kier alpha value is -1.32. The molecule has 6 nitrogen and oxygen atoms in total. The standard InChI is InChI=1S/C17H16Cl2IN5O/c1-25-22-7-12(24-25)9-4-11(18)15(19)17-14(9)10-5-13(26)21-6-8(2-3-20)16(10)23-17/h4,7-8,23H,2-3,5-6H2,1H3,(H,21,26). The molecule has 0 bridgehead atoms. The molecule has 0 saturated carbocycles. The third-order valence-electron chi connectivity index (χ3n) is 4.73.